The van der Waals surface area contributed by atoms with Crippen LogP contribution in [0.5, 0.6) is 0 Å². The van der Waals surface area contributed by atoms with Crippen molar-refractivity contribution in [1.82, 2.24) is 19.7 Å². The molecule has 0 unspecified atom stereocenters. The van der Waals surface area contributed by atoms with Gasteiger partial charge in [0.25, 0.3) is 0 Å². The molecular weight excluding hydrogens is 202 g/mol. The summed E-state index contributed by atoms with van der Waals surface area (Å²) in [4.78, 5) is 8.39. The highest BCUT2D eigenvalue weighted by atomic mass is 15.2. The highest BCUT2D eigenvalue weighted by Crippen LogP contribution is 2.06. The molecule has 1 N–H and O–H groups in total. The number of nitrogens with one attached hydrogen (secondary N) is 1. The molecule has 0 spiro atoms. The largest absolute Gasteiger partial charge is 0.368 e. The zero-order valence-corrected chi connectivity index (χ0v) is 9.51. The molecule has 0 aliphatic heterocycles. The van der Waals surface area contributed by atoms with Crippen molar-refractivity contribution < 1.29 is 0 Å². The van der Waals surface area contributed by atoms with Crippen LogP contribution >= 0.6 is 0 Å². The number of nitrogens with zero attached hydrogens (tertiary/aromatic N) is 4. The van der Waals surface area contributed by atoms with Gasteiger partial charge in [0.2, 0.25) is 0 Å². The monoisotopic (exact) mass is 217 g/mol. The Morgan fingerprint density at radius 3 is 2.81 bits per heavy atom. The van der Waals surface area contributed by atoms with Crippen LogP contribution in [0.15, 0.2) is 24.8 Å². The Morgan fingerprint density at radius 2 is 2.12 bits per heavy atom. The molecule has 0 aliphatic rings. The van der Waals surface area contributed by atoms with E-state index < -0.39 is 0 Å². The van der Waals surface area contributed by atoms with Crippen LogP contribution in [0.1, 0.15) is 11.3 Å². The van der Waals surface area contributed by atoms with Gasteiger partial charge in [-0.2, -0.15) is 5.10 Å². The Bertz CT molecular complexity index is 463. The second kappa shape index (κ2) is 4.74. The molecule has 16 heavy (non-hydrogen) atoms. The molecule has 0 saturated heterocycles. The number of aryl methyl sites for hydroxylation is 2. The predicted octanol–water partition coefficient (Wildman–Crippen LogP) is 1.17. The highest BCUT2D eigenvalue weighted by molar-refractivity contribution is 5.38. The highest BCUT2D eigenvalue weighted by Gasteiger charge is 1.99. The zero-order valence-electron chi connectivity index (χ0n) is 9.51. The Balaban J connectivity index is 1.87. The van der Waals surface area contributed by atoms with Gasteiger partial charge in [0.05, 0.1) is 11.9 Å². The summed E-state index contributed by atoms with van der Waals surface area (Å²) in [5.41, 5.74) is 2.14. The number of aromatic nitrogens is 4. The second-order valence-electron chi connectivity index (χ2n) is 3.69. The van der Waals surface area contributed by atoms with Crippen LogP contribution in [0.3, 0.4) is 0 Å². The van der Waals surface area contributed by atoms with E-state index in [4.69, 9.17) is 0 Å². The van der Waals surface area contributed by atoms with Gasteiger partial charge >= 0.3 is 0 Å². The number of hydrogen-bond acceptors (Lipinski definition) is 4. The van der Waals surface area contributed by atoms with Gasteiger partial charge in [0.15, 0.2) is 0 Å². The van der Waals surface area contributed by atoms with E-state index in [0.717, 1.165) is 24.5 Å². The fourth-order valence-electron chi connectivity index (χ4n) is 1.51. The van der Waals surface area contributed by atoms with Crippen LogP contribution in [-0.2, 0) is 13.5 Å². The van der Waals surface area contributed by atoms with Crippen molar-refractivity contribution in [2.75, 3.05) is 11.9 Å². The molecule has 0 bridgehead atoms. The minimum Gasteiger partial charge on any atom is -0.368 e. The Hall–Kier alpha value is -1.91. The van der Waals surface area contributed by atoms with Gasteiger partial charge in [-0.1, -0.05) is 0 Å². The van der Waals surface area contributed by atoms with Crippen LogP contribution in [0.4, 0.5) is 5.82 Å². The normalized spacial score (nSPS) is 10.4. The Morgan fingerprint density at radius 1 is 1.31 bits per heavy atom. The third-order valence-electron chi connectivity index (χ3n) is 2.35. The molecule has 0 radical (unpaired) electrons. The van der Waals surface area contributed by atoms with Crippen molar-refractivity contribution in [3.05, 3.63) is 36.0 Å². The average Bonchev–Trinajstić information content (AvgIpc) is 2.67. The molecule has 5 nitrogen and oxygen atoms in total. The average molecular weight is 217 g/mol. The Labute approximate surface area is 94.5 Å². The molecule has 0 aromatic carbocycles. The van der Waals surface area contributed by atoms with Gasteiger partial charge < -0.3 is 5.32 Å². The van der Waals surface area contributed by atoms with Gasteiger partial charge in [-0.15, -0.1) is 0 Å². The lowest BCUT2D eigenvalue weighted by molar-refractivity contribution is 0.766. The van der Waals surface area contributed by atoms with Crippen LogP contribution < -0.4 is 5.32 Å². The van der Waals surface area contributed by atoms with E-state index in [1.54, 1.807) is 12.4 Å². The molecule has 0 saturated carbocycles. The zero-order chi connectivity index (χ0) is 11.4. The lowest BCUT2D eigenvalue weighted by atomic mass is 10.2. The van der Waals surface area contributed by atoms with Crippen LogP contribution in [0.25, 0.3) is 0 Å². The van der Waals surface area contributed by atoms with E-state index in [1.165, 1.54) is 5.56 Å². The molecule has 0 atom stereocenters. The lowest BCUT2D eigenvalue weighted by Gasteiger charge is -2.05. The topological polar surface area (TPSA) is 55.6 Å². The fourth-order valence-corrected chi connectivity index (χ4v) is 1.51. The molecule has 5 heteroatoms. The summed E-state index contributed by atoms with van der Waals surface area (Å²) in [5.74, 6) is 0.853. The molecule has 2 aromatic rings. The van der Waals surface area contributed by atoms with E-state index >= 15 is 0 Å². The van der Waals surface area contributed by atoms with Crippen LogP contribution in [0.2, 0.25) is 0 Å². The predicted molar refractivity (Wildman–Crippen MR) is 62.2 cm³/mol. The number of rotatable bonds is 4. The van der Waals surface area contributed by atoms with Crippen molar-refractivity contribution in [3.8, 4) is 0 Å². The molecule has 84 valence electrons. The maximum absolute atomic E-state index is 4.22. The molecule has 2 rings (SSSR count). The first-order valence-corrected chi connectivity index (χ1v) is 5.25. The van der Waals surface area contributed by atoms with Gasteiger partial charge in [0, 0.05) is 32.2 Å². The maximum Gasteiger partial charge on any atom is 0.147 e. The fraction of sp³-hybridized carbons (Fsp3) is 0.364. The van der Waals surface area contributed by atoms with Gasteiger partial charge in [-0.3, -0.25) is 9.67 Å². The standard InChI is InChI=1S/C11H15N5/c1-9-11(14-6-5-12-9)13-4-3-10-7-15-16(2)8-10/h5-8H,3-4H2,1-2H3,(H,13,14). The van der Waals surface area contributed by atoms with Crippen molar-refractivity contribution in [2.24, 2.45) is 7.05 Å². The summed E-state index contributed by atoms with van der Waals surface area (Å²) in [6.07, 6.45) is 8.22. The molecule has 0 fully saturated rings. The third kappa shape index (κ3) is 2.56. The summed E-state index contributed by atoms with van der Waals surface area (Å²) in [5, 5.41) is 7.38. The molecule has 0 aliphatic carbocycles. The minimum absolute atomic E-state index is 0.839. The molecule has 2 aromatic heterocycles. The molecule has 2 heterocycles. The van der Waals surface area contributed by atoms with Crippen LogP contribution in [-0.4, -0.2) is 26.3 Å². The summed E-state index contributed by atoms with van der Waals surface area (Å²) in [7, 11) is 1.92. The Kier molecular flexibility index (Phi) is 3.14. The molecular formula is C11H15N5. The van der Waals surface area contributed by atoms with Crippen molar-refractivity contribution in [3.63, 3.8) is 0 Å². The smallest absolute Gasteiger partial charge is 0.147 e. The third-order valence-corrected chi connectivity index (χ3v) is 2.35. The number of anilines is 1. The van der Waals surface area contributed by atoms with Gasteiger partial charge in [-0.05, 0) is 18.9 Å². The van der Waals surface area contributed by atoms with Crippen molar-refractivity contribution >= 4 is 5.82 Å². The van der Waals surface area contributed by atoms with Crippen LogP contribution in [0, 0.1) is 6.92 Å². The van der Waals surface area contributed by atoms with E-state index in [9.17, 15) is 0 Å². The minimum atomic E-state index is 0.839. The van der Waals surface area contributed by atoms with E-state index in [-0.39, 0.29) is 0 Å². The summed E-state index contributed by atoms with van der Waals surface area (Å²) in [6.45, 7) is 2.78. The summed E-state index contributed by atoms with van der Waals surface area (Å²) < 4.78 is 1.81. The first-order valence-electron chi connectivity index (χ1n) is 5.25. The molecule has 0 amide bonds. The summed E-state index contributed by atoms with van der Waals surface area (Å²) in [6, 6.07) is 0. The lowest BCUT2D eigenvalue weighted by Crippen LogP contribution is -2.07. The van der Waals surface area contributed by atoms with Crippen molar-refractivity contribution in [2.45, 2.75) is 13.3 Å². The SMILES string of the molecule is Cc1nccnc1NCCc1cnn(C)c1. The number of hydrogen-bond donors (Lipinski definition) is 1. The first kappa shape index (κ1) is 10.6. The van der Waals surface area contributed by atoms with E-state index in [2.05, 4.69) is 20.4 Å². The maximum atomic E-state index is 4.22. The van der Waals surface area contributed by atoms with Gasteiger partial charge in [-0.25, -0.2) is 4.98 Å². The second-order valence-corrected chi connectivity index (χ2v) is 3.69. The first-order chi connectivity index (χ1) is 7.75. The van der Waals surface area contributed by atoms with Crippen molar-refractivity contribution in [1.29, 1.82) is 0 Å². The quantitative estimate of drug-likeness (QED) is 0.835. The van der Waals surface area contributed by atoms with Gasteiger partial charge in [0.1, 0.15) is 5.82 Å². The van der Waals surface area contributed by atoms with E-state index in [0.29, 0.717) is 0 Å². The van der Waals surface area contributed by atoms with E-state index in [1.807, 2.05) is 31.0 Å². The summed E-state index contributed by atoms with van der Waals surface area (Å²) >= 11 is 0.